The predicted octanol–water partition coefficient (Wildman–Crippen LogP) is 3.96. The van der Waals surface area contributed by atoms with Crippen molar-refractivity contribution in [2.45, 2.75) is 25.7 Å². The quantitative estimate of drug-likeness (QED) is 0.609. The molecule has 19 heavy (non-hydrogen) atoms. The van der Waals surface area contributed by atoms with Gasteiger partial charge in [-0.15, -0.1) is 0 Å². The third-order valence-electron chi connectivity index (χ3n) is 3.12. The lowest BCUT2D eigenvalue weighted by Gasteiger charge is -2.24. The van der Waals surface area contributed by atoms with Crippen molar-refractivity contribution in [3.63, 3.8) is 0 Å². The second kappa shape index (κ2) is 5.70. The number of benzene rings is 2. The summed E-state index contributed by atoms with van der Waals surface area (Å²) in [6, 6.07) is 19.2. The number of hydrogen-bond acceptors (Lipinski definition) is 2. The third kappa shape index (κ3) is 3.68. The van der Waals surface area contributed by atoms with Gasteiger partial charge in [-0.05, 0) is 17.7 Å². The van der Waals surface area contributed by atoms with Crippen molar-refractivity contribution >= 4 is 5.97 Å². The van der Waals surface area contributed by atoms with Gasteiger partial charge in [0.1, 0.15) is 5.75 Å². The molecule has 0 heterocycles. The molecular formula is C17H18O2. The van der Waals surface area contributed by atoms with E-state index in [2.05, 4.69) is 13.8 Å². The van der Waals surface area contributed by atoms with Gasteiger partial charge in [0.15, 0.2) is 0 Å². The van der Waals surface area contributed by atoms with Crippen LogP contribution in [0.4, 0.5) is 0 Å². The molecule has 0 unspecified atom stereocenters. The van der Waals surface area contributed by atoms with Crippen molar-refractivity contribution in [3.05, 3.63) is 66.2 Å². The summed E-state index contributed by atoms with van der Waals surface area (Å²) in [5, 5.41) is 0. The summed E-state index contributed by atoms with van der Waals surface area (Å²) in [5.74, 6) is 0.386. The smallest absolute Gasteiger partial charge is 0.312 e. The molecule has 0 N–H and O–H groups in total. The maximum Gasteiger partial charge on any atom is 0.312 e. The average Bonchev–Trinajstić information content (AvgIpc) is 2.40. The van der Waals surface area contributed by atoms with Crippen LogP contribution in [0, 0.1) is 0 Å². The van der Waals surface area contributed by atoms with Gasteiger partial charge < -0.3 is 4.74 Å². The normalized spacial score (nSPS) is 11.1. The van der Waals surface area contributed by atoms with Crippen molar-refractivity contribution in [2.75, 3.05) is 0 Å². The topological polar surface area (TPSA) is 26.3 Å². The number of ether oxygens (including phenoxy) is 1. The van der Waals surface area contributed by atoms with Gasteiger partial charge >= 0.3 is 5.97 Å². The van der Waals surface area contributed by atoms with Gasteiger partial charge in [0.05, 0.1) is 6.42 Å². The van der Waals surface area contributed by atoms with Gasteiger partial charge in [0, 0.05) is 5.41 Å². The van der Waals surface area contributed by atoms with Crippen molar-refractivity contribution in [1.29, 1.82) is 0 Å². The summed E-state index contributed by atoms with van der Waals surface area (Å²) in [4.78, 5) is 12.0. The highest BCUT2D eigenvalue weighted by Gasteiger charge is 2.25. The molecule has 0 aliphatic heterocycles. The number of carbonyl (C=O) groups is 1. The van der Waals surface area contributed by atoms with Gasteiger partial charge in [-0.3, -0.25) is 4.79 Å². The van der Waals surface area contributed by atoms with Crippen LogP contribution in [0.5, 0.6) is 5.75 Å². The largest absolute Gasteiger partial charge is 0.427 e. The first kappa shape index (κ1) is 13.3. The molecule has 0 atom stereocenters. The molecule has 0 aromatic heterocycles. The van der Waals surface area contributed by atoms with Gasteiger partial charge in [0.25, 0.3) is 0 Å². The van der Waals surface area contributed by atoms with Crippen molar-refractivity contribution in [3.8, 4) is 5.75 Å². The molecule has 0 aliphatic carbocycles. The summed E-state index contributed by atoms with van der Waals surface area (Å²) < 4.78 is 5.33. The van der Waals surface area contributed by atoms with E-state index < -0.39 is 0 Å². The Labute approximate surface area is 114 Å². The van der Waals surface area contributed by atoms with Gasteiger partial charge in [-0.25, -0.2) is 0 Å². The summed E-state index contributed by atoms with van der Waals surface area (Å²) in [6.07, 6.45) is 0.353. The summed E-state index contributed by atoms with van der Waals surface area (Å²) >= 11 is 0. The molecule has 0 fully saturated rings. The Morgan fingerprint density at radius 1 is 0.947 bits per heavy atom. The zero-order valence-corrected chi connectivity index (χ0v) is 11.3. The van der Waals surface area contributed by atoms with E-state index in [1.54, 1.807) is 12.1 Å². The van der Waals surface area contributed by atoms with Crippen LogP contribution in [0.15, 0.2) is 60.7 Å². The number of para-hydroxylation sites is 1. The van der Waals surface area contributed by atoms with Crippen LogP contribution >= 0.6 is 0 Å². The van der Waals surface area contributed by atoms with Crippen molar-refractivity contribution in [2.24, 2.45) is 0 Å². The molecular weight excluding hydrogens is 236 g/mol. The fourth-order valence-electron chi connectivity index (χ4n) is 2.01. The van der Waals surface area contributed by atoms with Crippen LogP contribution in [-0.2, 0) is 10.2 Å². The molecule has 0 radical (unpaired) electrons. The molecule has 98 valence electrons. The van der Waals surface area contributed by atoms with E-state index in [-0.39, 0.29) is 11.4 Å². The second-order valence-corrected chi connectivity index (χ2v) is 5.21. The average molecular weight is 254 g/mol. The van der Waals surface area contributed by atoms with Crippen molar-refractivity contribution < 1.29 is 9.53 Å². The maximum absolute atomic E-state index is 12.0. The fraction of sp³-hybridized carbons (Fsp3) is 0.235. The zero-order chi connectivity index (χ0) is 13.7. The summed E-state index contributed by atoms with van der Waals surface area (Å²) in [6.45, 7) is 4.10. The molecule has 2 heteroatoms. The Bertz CT molecular complexity index is 530. The highest BCUT2D eigenvalue weighted by atomic mass is 16.5. The molecule has 2 nitrogen and oxygen atoms in total. The Morgan fingerprint density at radius 3 is 2.05 bits per heavy atom. The van der Waals surface area contributed by atoms with E-state index in [4.69, 9.17) is 4.74 Å². The monoisotopic (exact) mass is 254 g/mol. The SMILES string of the molecule is CC(C)(CC(=O)Oc1ccccc1)c1ccccc1. The van der Waals surface area contributed by atoms with E-state index in [1.165, 1.54) is 0 Å². The van der Waals surface area contributed by atoms with E-state index in [0.29, 0.717) is 12.2 Å². The minimum Gasteiger partial charge on any atom is -0.427 e. The fourth-order valence-corrected chi connectivity index (χ4v) is 2.01. The lowest BCUT2D eigenvalue weighted by molar-refractivity contribution is -0.135. The first-order valence-electron chi connectivity index (χ1n) is 6.39. The maximum atomic E-state index is 12.0. The standard InChI is InChI=1S/C17H18O2/c1-17(2,14-9-5-3-6-10-14)13-16(18)19-15-11-7-4-8-12-15/h3-12H,13H2,1-2H3. The summed E-state index contributed by atoms with van der Waals surface area (Å²) in [7, 11) is 0. The van der Waals surface area contributed by atoms with Crippen molar-refractivity contribution in [1.82, 2.24) is 0 Å². The molecule has 0 bridgehead atoms. The number of carbonyl (C=O) groups excluding carboxylic acids is 1. The highest BCUT2D eigenvalue weighted by Crippen LogP contribution is 2.27. The molecule has 2 aromatic carbocycles. The van der Waals surface area contributed by atoms with Crippen LogP contribution in [0.1, 0.15) is 25.8 Å². The van der Waals surface area contributed by atoms with Crippen LogP contribution in [0.3, 0.4) is 0 Å². The Balaban J connectivity index is 2.02. The van der Waals surface area contributed by atoms with E-state index in [0.717, 1.165) is 5.56 Å². The number of rotatable bonds is 4. The first-order valence-corrected chi connectivity index (χ1v) is 6.39. The lowest BCUT2D eigenvalue weighted by Crippen LogP contribution is -2.24. The van der Waals surface area contributed by atoms with Gasteiger partial charge in [0.2, 0.25) is 0 Å². The summed E-state index contributed by atoms with van der Waals surface area (Å²) in [5.41, 5.74) is 0.910. The minimum atomic E-state index is -0.229. The highest BCUT2D eigenvalue weighted by molar-refractivity contribution is 5.74. The molecule has 0 spiro atoms. The molecule has 0 saturated carbocycles. The molecule has 0 amide bonds. The van der Waals surface area contributed by atoms with Crippen LogP contribution in [-0.4, -0.2) is 5.97 Å². The third-order valence-corrected chi connectivity index (χ3v) is 3.12. The van der Waals surface area contributed by atoms with Crippen LogP contribution in [0.25, 0.3) is 0 Å². The van der Waals surface area contributed by atoms with Crippen LogP contribution in [0.2, 0.25) is 0 Å². The number of hydrogen-bond donors (Lipinski definition) is 0. The molecule has 2 aromatic rings. The number of esters is 1. The van der Waals surface area contributed by atoms with Crippen LogP contribution < -0.4 is 4.74 Å². The Hall–Kier alpha value is -2.09. The van der Waals surface area contributed by atoms with Gasteiger partial charge in [-0.1, -0.05) is 62.4 Å². The zero-order valence-electron chi connectivity index (χ0n) is 11.3. The predicted molar refractivity (Wildman–Crippen MR) is 76.2 cm³/mol. The minimum absolute atomic E-state index is 0.208. The molecule has 2 rings (SSSR count). The Morgan fingerprint density at radius 2 is 1.47 bits per heavy atom. The van der Waals surface area contributed by atoms with E-state index in [1.807, 2.05) is 48.5 Å². The van der Waals surface area contributed by atoms with E-state index >= 15 is 0 Å². The van der Waals surface area contributed by atoms with E-state index in [9.17, 15) is 4.79 Å². The second-order valence-electron chi connectivity index (χ2n) is 5.21. The first-order chi connectivity index (χ1) is 9.08. The lowest BCUT2D eigenvalue weighted by atomic mass is 9.82. The van der Waals surface area contributed by atoms with Gasteiger partial charge in [-0.2, -0.15) is 0 Å². The molecule has 0 saturated heterocycles. The molecule has 0 aliphatic rings. The Kier molecular flexibility index (Phi) is 4.00.